The molecule has 0 saturated carbocycles. The lowest BCUT2D eigenvalue weighted by molar-refractivity contribution is 0.409. The predicted molar refractivity (Wildman–Crippen MR) is 62.9 cm³/mol. The van der Waals surface area contributed by atoms with E-state index >= 15 is 0 Å². The molecule has 1 aliphatic rings. The lowest BCUT2D eigenvalue weighted by Gasteiger charge is -2.18. The predicted octanol–water partition coefficient (Wildman–Crippen LogP) is 2.53. The minimum atomic E-state index is 0.761. The Morgan fingerprint density at radius 3 is 3.19 bits per heavy atom. The molecule has 0 unspecified atom stereocenters. The van der Waals surface area contributed by atoms with Crippen LogP contribution in [0.1, 0.15) is 19.2 Å². The Bertz CT molecular complexity index is 487. The molecule has 2 aromatic rings. The number of hydrogen-bond donors (Lipinski definition) is 0. The van der Waals surface area contributed by atoms with E-state index < -0.39 is 0 Å². The van der Waals surface area contributed by atoms with Crippen molar-refractivity contribution in [3.63, 3.8) is 0 Å². The second-order valence-corrected chi connectivity index (χ2v) is 4.58. The highest BCUT2D eigenvalue weighted by Gasteiger charge is 2.17. The number of nitrogens with zero attached hydrogens (tertiary/aromatic N) is 3. The summed E-state index contributed by atoms with van der Waals surface area (Å²) < 4.78 is 2.28. The molecule has 0 aromatic carbocycles. The third-order valence-electron chi connectivity index (χ3n) is 3.21. The van der Waals surface area contributed by atoms with E-state index in [1.165, 1.54) is 12.2 Å². The minimum Gasteiger partial charge on any atom is -0.334 e. The fourth-order valence-corrected chi connectivity index (χ4v) is 2.24. The van der Waals surface area contributed by atoms with Crippen LogP contribution < -0.4 is 0 Å². The van der Waals surface area contributed by atoms with Crippen molar-refractivity contribution in [1.29, 1.82) is 0 Å². The standard InChI is InChI=1S/C13H15N3/c1-10-4-6-16-9-12(15-13(16)7-10)11-3-2-5-14-8-11/h2-3,5,8-10H,4,6-7H2,1H3/t10-/m1/s1. The van der Waals surface area contributed by atoms with Gasteiger partial charge in [-0.2, -0.15) is 0 Å². The van der Waals surface area contributed by atoms with Crippen molar-refractivity contribution in [1.82, 2.24) is 14.5 Å². The van der Waals surface area contributed by atoms with E-state index in [1.54, 1.807) is 6.20 Å². The van der Waals surface area contributed by atoms with Crippen LogP contribution in [0.25, 0.3) is 11.3 Å². The van der Waals surface area contributed by atoms with Gasteiger partial charge in [-0.15, -0.1) is 0 Å². The highest BCUT2D eigenvalue weighted by molar-refractivity contribution is 5.57. The van der Waals surface area contributed by atoms with Crippen molar-refractivity contribution in [2.24, 2.45) is 5.92 Å². The van der Waals surface area contributed by atoms with Gasteiger partial charge in [0.2, 0.25) is 0 Å². The SMILES string of the molecule is C[C@@H]1CCn2cc(-c3cccnc3)nc2C1. The highest BCUT2D eigenvalue weighted by Crippen LogP contribution is 2.24. The zero-order chi connectivity index (χ0) is 11.0. The fourth-order valence-electron chi connectivity index (χ4n) is 2.24. The maximum Gasteiger partial charge on any atom is 0.109 e. The van der Waals surface area contributed by atoms with Gasteiger partial charge in [-0.05, 0) is 24.5 Å². The first-order chi connectivity index (χ1) is 7.83. The summed E-state index contributed by atoms with van der Waals surface area (Å²) in [4.78, 5) is 8.83. The molecule has 0 bridgehead atoms. The van der Waals surface area contributed by atoms with E-state index in [2.05, 4.69) is 28.7 Å². The van der Waals surface area contributed by atoms with Crippen molar-refractivity contribution in [3.05, 3.63) is 36.5 Å². The average Bonchev–Trinajstić information content (AvgIpc) is 2.73. The molecule has 0 amide bonds. The van der Waals surface area contributed by atoms with Gasteiger partial charge < -0.3 is 4.57 Å². The molecule has 3 rings (SSSR count). The van der Waals surface area contributed by atoms with Gasteiger partial charge in [0.15, 0.2) is 0 Å². The third kappa shape index (κ3) is 1.62. The first kappa shape index (κ1) is 9.58. The number of hydrogen-bond acceptors (Lipinski definition) is 2. The zero-order valence-corrected chi connectivity index (χ0v) is 9.43. The van der Waals surface area contributed by atoms with Crippen molar-refractivity contribution in [2.75, 3.05) is 0 Å². The highest BCUT2D eigenvalue weighted by atomic mass is 15.1. The van der Waals surface area contributed by atoms with Crippen molar-refractivity contribution >= 4 is 0 Å². The molecule has 0 radical (unpaired) electrons. The number of pyridine rings is 1. The molecular formula is C13H15N3. The fraction of sp³-hybridized carbons (Fsp3) is 0.385. The summed E-state index contributed by atoms with van der Waals surface area (Å²) in [5.41, 5.74) is 2.16. The molecule has 0 saturated heterocycles. The Labute approximate surface area is 95.2 Å². The van der Waals surface area contributed by atoms with Gasteiger partial charge in [0, 0.05) is 37.1 Å². The second kappa shape index (κ2) is 3.74. The average molecular weight is 213 g/mol. The van der Waals surface area contributed by atoms with Gasteiger partial charge in [-0.25, -0.2) is 4.98 Å². The topological polar surface area (TPSA) is 30.7 Å². The van der Waals surface area contributed by atoms with Crippen molar-refractivity contribution in [3.8, 4) is 11.3 Å². The summed E-state index contributed by atoms with van der Waals surface area (Å²) in [5, 5.41) is 0. The summed E-state index contributed by atoms with van der Waals surface area (Å²) in [6.07, 6.45) is 8.17. The largest absolute Gasteiger partial charge is 0.334 e. The number of imidazole rings is 1. The molecule has 0 spiro atoms. The minimum absolute atomic E-state index is 0.761. The van der Waals surface area contributed by atoms with E-state index in [9.17, 15) is 0 Å². The molecule has 0 fully saturated rings. The van der Waals surface area contributed by atoms with Crippen LogP contribution in [0.15, 0.2) is 30.7 Å². The summed E-state index contributed by atoms with van der Waals surface area (Å²) in [7, 11) is 0. The Hall–Kier alpha value is -1.64. The van der Waals surface area contributed by atoms with Gasteiger partial charge in [-0.1, -0.05) is 6.92 Å². The summed E-state index contributed by atoms with van der Waals surface area (Å²) in [6, 6.07) is 4.01. The van der Waals surface area contributed by atoms with Gasteiger partial charge in [0.25, 0.3) is 0 Å². The van der Waals surface area contributed by atoms with E-state index in [0.29, 0.717) is 0 Å². The molecule has 1 atom stereocenters. The van der Waals surface area contributed by atoms with Crippen LogP contribution in [-0.4, -0.2) is 14.5 Å². The molecule has 2 aromatic heterocycles. The van der Waals surface area contributed by atoms with E-state index in [4.69, 9.17) is 4.98 Å². The van der Waals surface area contributed by atoms with E-state index in [0.717, 1.165) is 30.1 Å². The Morgan fingerprint density at radius 2 is 2.38 bits per heavy atom. The van der Waals surface area contributed by atoms with Gasteiger partial charge in [0.1, 0.15) is 5.82 Å². The maximum atomic E-state index is 4.69. The molecule has 16 heavy (non-hydrogen) atoms. The lowest BCUT2D eigenvalue weighted by atomic mass is 10.0. The second-order valence-electron chi connectivity index (χ2n) is 4.58. The van der Waals surface area contributed by atoms with Crippen molar-refractivity contribution < 1.29 is 0 Å². The summed E-state index contributed by atoms with van der Waals surface area (Å²) in [6.45, 7) is 3.39. The number of rotatable bonds is 1. The van der Waals surface area contributed by atoms with Crippen LogP contribution in [0.4, 0.5) is 0 Å². The quantitative estimate of drug-likeness (QED) is 0.728. The molecule has 0 aliphatic carbocycles. The lowest BCUT2D eigenvalue weighted by Crippen LogP contribution is -2.16. The maximum absolute atomic E-state index is 4.69. The van der Waals surface area contributed by atoms with Crippen LogP contribution in [0.3, 0.4) is 0 Å². The molecule has 1 aliphatic heterocycles. The molecule has 0 N–H and O–H groups in total. The van der Waals surface area contributed by atoms with Gasteiger partial charge >= 0.3 is 0 Å². The van der Waals surface area contributed by atoms with Crippen LogP contribution in [0.5, 0.6) is 0 Å². The normalized spacial score (nSPS) is 19.4. The van der Waals surface area contributed by atoms with Crippen LogP contribution in [0.2, 0.25) is 0 Å². The van der Waals surface area contributed by atoms with Crippen LogP contribution >= 0.6 is 0 Å². The van der Waals surface area contributed by atoms with Gasteiger partial charge in [-0.3, -0.25) is 4.98 Å². The molecule has 3 heterocycles. The van der Waals surface area contributed by atoms with Crippen LogP contribution in [-0.2, 0) is 13.0 Å². The third-order valence-corrected chi connectivity index (χ3v) is 3.21. The number of fused-ring (bicyclic) bond motifs is 1. The number of aromatic nitrogens is 3. The molecule has 3 heteroatoms. The van der Waals surface area contributed by atoms with E-state index in [1.807, 2.05) is 12.3 Å². The first-order valence-electron chi connectivity index (χ1n) is 5.79. The molecular weight excluding hydrogens is 198 g/mol. The smallest absolute Gasteiger partial charge is 0.109 e. The zero-order valence-electron chi connectivity index (χ0n) is 9.43. The molecule has 82 valence electrons. The molecule has 3 nitrogen and oxygen atoms in total. The Balaban J connectivity index is 1.99. The number of aryl methyl sites for hydroxylation is 1. The van der Waals surface area contributed by atoms with Crippen LogP contribution in [0, 0.1) is 5.92 Å². The Morgan fingerprint density at radius 1 is 1.44 bits per heavy atom. The van der Waals surface area contributed by atoms with Gasteiger partial charge in [0.05, 0.1) is 5.69 Å². The first-order valence-corrected chi connectivity index (χ1v) is 5.79. The van der Waals surface area contributed by atoms with Crippen molar-refractivity contribution in [2.45, 2.75) is 26.3 Å². The Kier molecular flexibility index (Phi) is 2.24. The summed E-state index contributed by atoms with van der Waals surface area (Å²) >= 11 is 0. The monoisotopic (exact) mass is 213 g/mol. The summed E-state index contributed by atoms with van der Waals surface area (Å²) in [5.74, 6) is 1.98. The van der Waals surface area contributed by atoms with E-state index in [-0.39, 0.29) is 0 Å².